The van der Waals surface area contributed by atoms with E-state index in [4.69, 9.17) is 5.73 Å². The maximum atomic E-state index is 10.5. The lowest BCUT2D eigenvalue weighted by Crippen LogP contribution is -1.97. The summed E-state index contributed by atoms with van der Waals surface area (Å²) < 4.78 is 4.41. The predicted molar refractivity (Wildman–Crippen MR) is 51.3 cm³/mol. The van der Waals surface area contributed by atoms with Crippen molar-refractivity contribution >= 4 is 18.4 Å². The van der Waals surface area contributed by atoms with Gasteiger partial charge in [-0.3, -0.25) is 0 Å². The summed E-state index contributed by atoms with van der Waals surface area (Å²) in [6.45, 7) is 0.714. The fourth-order valence-corrected chi connectivity index (χ4v) is 0.654. The molecule has 0 aromatic heterocycles. The van der Waals surface area contributed by atoms with Crippen LogP contribution in [0.15, 0.2) is 12.2 Å². The molecule has 0 unspecified atom stereocenters. The highest BCUT2D eigenvalue weighted by Gasteiger charge is 1.88. The largest absolute Gasteiger partial charge is 0.466 e. The Balaban J connectivity index is 0. The van der Waals surface area contributed by atoms with E-state index in [1.165, 1.54) is 13.2 Å². The lowest BCUT2D eigenvalue weighted by Gasteiger charge is -1.91. The lowest BCUT2D eigenvalue weighted by atomic mass is 10.2. The first kappa shape index (κ1) is 14.0. The van der Waals surface area contributed by atoms with Gasteiger partial charge in [0.05, 0.1) is 7.11 Å². The monoisotopic (exact) mass is 193 g/mol. The fraction of sp³-hybridized carbons (Fsp3) is 0.625. The van der Waals surface area contributed by atoms with Gasteiger partial charge in [0, 0.05) is 6.08 Å². The van der Waals surface area contributed by atoms with Crippen LogP contribution in [0.1, 0.15) is 19.3 Å². The summed E-state index contributed by atoms with van der Waals surface area (Å²) in [5.74, 6) is -0.294. The molecule has 0 aliphatic carbocycles. The molecule has 3 nitrogen and oxygen atoms in total. The molecule has 0 saturated heterocycles. The normalized spacial score (nSPS) is 9.50. The van der Waals surface area contributed by atoms with Crippen molar-refractivity contribution in [2.75, 3.05) is 13.7 Å². The number of esters is 1. The Morgan fingerprint density at radius 3 is 2.67 bits per heavy atom. The number of carbonyl (C=O) groups is 1. The minimum absolute atomic E-state index is 0. The van der Waals surface area contributed by atoms with Crippen LogP contribution in [0.4, 0.5) is 0 Å². The first-order valence-electron chi connectivity index (χ1n) is 3.76. The summed E-state index contributed by atoms with van der Waals surface area (Å²) in [6, 6.07) is 0. The van der Waals surface area contributed by atoms with Gasteiger partial charge in [0.2, 0.25) is 0 Å². The molecule has 4 heteroatoms. The van der Waals surface area contributed by atoms with Crippen LogP contribution in [0.5, 0.6) is 0 Å². The number of carbonyl (C=O) groups excluding carboxylic acids is 1. The molecule has 0 rings (SSSR count). The highest BCUT2D eigenvalue weighted by atomic mass is 35.5. The second-order valence-corrected chi connectivity index (χ2v) is 2.21. The van der Waals surface area contributed by atoms with E-state index in [2.05, 4.69) is 4.74 Å². The lowest BCUT2D eigenvalue weighted by molar-refractivity contribution is -0.134. The summed E-state index contributed by atoms with van der Waals surface area (Å²) in [7, 11) is 1.37. The molecule has 0 aromatic rings. The highest BCUT2D eigenvalue weighted by molar-refractivity contribution is 5.85. The number of allylic oxidation sites excluding steroid dienone is 1. The quantitative estimate of drug-likeness (QED) is 0.407. The summed E-state index contributed by atoms with van der Waals surface area (Å²) >= 11 is 0. The third kappa shape index (κ3) is 9.46. The van der Waals surface area contributed by atoms with Gasteiger partial charge in [-0.15, -0.1) is 12.4 Å². The standard InChI is InChI=1S/C8H15NO2.ClH/c1-11-8(10)6-4-2-3-5-7-9;/h4,6H,2-3,5,7,9H2,1H3;1H. The van der Waals surface area contributed by atoms with Crippen molar-refractivity contribution in [2.24, 2.45) is 5.73 Å². The van der Waals surface area contributed by atoms with Gasteiger partial charge in [0.25, 0.3) is 0 Å². The van der Waals surface area contributed by atoms with Crippen LogP contribution in [0, 0.1) is 0 Å². The van der Waals surface area contributed by atoms with Gasteiger partial charge in [-0.25, -0.2) is 4.79 Å². The van der Waals surface area contributed by atoms with Crippen molar-refractivity contribution in [2.45, 2.75) is 19.3 Å². The van der Waals surface area contributed by atoms with Crippen LogP contribution in [-0.2, 0) is 9.53 Å². The molecule has 0 fully saturated rings. The van der Waals surface area contributed by atoms with Gasteiger partial charge in [0.15, 0.2) is 0 Å². The maximum absolute atomic E-state index is 10.5. The Bertz CT molecular complexity index is 137. The molecule has 2 N–H and O–H groups in total. The number of rotatable bonds is 5. The second-order valence-electron chi connectivity index (χ2n) is 2.21. The number of ether oxygens (including phenoxy) is 1. The van der Waals surface area contributed by atoms with Crippen LogP contribution in [0.3, 0.4) is 0 Å². The van der Waals surface area contributed by atoms with Gasteiger partial charge in [-0.05, 0) is 25.8 Å². The SMILES string of the molecule is COC(=O)C=CCCCCN.Cl. The molecule has 0 atom stereocenters. The molecular weight excluding hydrogens is 178 g/mol. The number of halogens is 1. The molecular formula is C8H16ClNO2. The molecule has 0 aromatic carbocycles. The van der Waals surface area contributed by atoms with Crippen LogP contribution in [0.25, 0.3) is 0 Å². The molecule has 0 bridgehead atoms. The van der Waals surface area contributed by atoms with Crippen LogP contribution in [-0.4, -0.2) is 19.6 Å². The Morgan fingerprint density at radius 1 is 1.50 bits per heavy atom. The van der Waals surface area contributed by atoms with Crippen LogP contribution in [0.2, 0.25) is 0 Å². The highest BCUT2D eigenvalue weighted by Crippen LogP contribution is 1.94. The average molecular weight is 194 g/mol. The molecule has 0 aliphatic heterocycles. The minimum Gasteiger partial charge on any atom is -0.466 e. The Labute approximate surface area is 79.4 Å². The van der Waals surface area contributed by atoms with Crippen molar-refractivity contribution in [3.05, 3.63) is 12.2 Å². The molecule has 0 spiro atoms. The minimum atomic E-state index is -0.294. The van der Waals surface area contributed by atoms with E-state index >= 15 is 0 Å². The van der Waals surface area contributed by atoms with Gasteiger partial charge in [-0.2, -0.15) is 0 Å². The summed E-state index contributed by atoms with van der Waals surface area (Å²) in [5, 5.41) is 0. The summed E-state index contributed by atoms with van der Waals surface area (Å²) in [5.41, 5.74) is 5.28. The molecule has 0 amide bonds. The van der Waals surface area contributed by atoms with E-state index in [0.29, 0.717) is 6.54 Å². The van der Waals surface area contributed by atoms with Crippen molar-refractivity contribution in [1.29, 1.82) is 0 Å². The second kappa shape index (κ2) is 10.5. The van der Waals surface area contributed by atoms with Crippen molar-refractivity contribution in [1.82, 2.24) is 0 Å². The Kier molecular flexibility index (Phi) is 12.2. The number of methoxy groups -OCH3 is 1. The molecule has 0 saturated carbocycles. The molecule has 72 valence electrons. The third-order valence-corrected chi connectivity index (χ3v) is 1.28. The van der Waals surface area contributed by atoms with E-state index in [0.717, 1.165) is 19.3 Å². The van der Waals surface area contributed by atoms with E-state index < -0.39 is 0 Å². The van der Waals surface area contributed by atoms with Gasteiger partial charge >= 0.3 is 5.97 Å². The third-order valence-electron chi connectivity index (χ3n) is 1.28. The number of unbranched alkanes of at least 4 members (excludes halogenated alkanes) is 2. The predicted octanol–water partition coefficient (Wildman–Crippen LogP) is 1.27. The first-order valence-corrected chi connectivity index (χ1v) is 3.76. The zero-order valence-electron chi connectivity index (χ0n) is 7.29. The van der Waals surface area contributed by atoms with E-state index in [9.17, 15) is 4.79 Å². The zero-order valence-corrected chi connectivity index (χ0v) is 8.10. The number of nitrogens with two attached hydrogens (primary N) is 1. The van der Waals surface area contributed by atoms with Crippen molar-refractivity contribution < 1.29 is 9.53 Å². The van der Waals surface area contributed by atoms with E-state index in [-0.39, 0.29) is 18.4 Å². The smallest absolute Gasteiger partial charge is 0.330 e. The van der Waals surface area contributed by atoms with Gasteiger partial charge in [-0.1, -0.05) is 6.08 Å². The van der Waals surface area contributed by atoms with Crippen LogP contribution >= 0.6 is 12.4 Å². The Morgan fingerprint density at radius 2 is 2.17 bits per heavy atom. The van der Waals surface area contributed by atoms with E-state index in [1.54, 1.807) is 0 Å². The van der Waals surface area contributed by atoms with E-state index in [1.807, 2.05) is 6.08 Å². The summed E-state index contributed by atoms with van der Waals surface area (Å²) in [6.07, 6.45) is 6.18. The molecule has 12 heavy (non-hydrogen) atoms. The molecule has 0 aliphatic rings. The average Bonchev–Trinajstić information content (AvgIpc) is 2.04. The van der Waals surface area contributed by atoms with Crippen molar-refractivity contribution in [3.8, 4) is 0 Å². The molecule has 0 radical (unpaired) electrons. The number of hydrogen-bond donors (Lipinski definition) is 1. The van der Waals surface area contributed by atoms with Gasteiger partial charge in [0.1, 0.15) is 0 Å². The topological polar surface area (TPSA) is 52.3 Å². The number of hydrogen-bond acceptors (Lipinski definition) is 3. The Hall–Kier alpha value is -0.540. The maximum Gasteiger partial charge on any atom is 0.330 e. The fourth-order valence-electron chi connectivity index (χ4n) is 0.654. The van der Waals surface area contributed by atoms with Gasteiger partial charge < -0.3 is 10.5 Å². The van der Waals surface area contributed by atoms with Crippen LogP contribution < -0.4 is 5.73 Å². The summed E-state index contributed by atoms with van der Waals surface area (Å²) in [4.78, 5) is 10.5. The first-order chi connectivity index (χ1) is 5.31. The molecule has 0 heterocycles. The van der Waals surface area contributed by atoms with Crippen molar-refractivity contribution in [3.63, 3.8) is 0 Å². The zero-order chi connectivity index (χ0) is 8.53.